The first-order valence-corrected chi connectivity index (χ1v) is 7.54. The van der Waals surface area contributed by atoms with Crippen molar-refractivity contribution in [2.75, 3.05) is 24.7 Å². The summed E-state index contributed by atoms with van der Waals surface area (Å²) < 4.78 is 13.9. The van der Waals surface area contributed by atoms with Crippen LogP contribution in [-0.2, 0) is 0 Å². The summed E-state index contributed by atoms with van der Waals surface area (Å²) in [6, 6.07) is 2.04. The molecule has 0 saturated carbocycles. The average molecular weight is 316 g/mol. The fourth-order valence-electron chi connectivity index (χ4n) is 1.62. The lowest BCUT2D eigenvalue weighted by Gasteiger charge is -2.07. The first-order chi connectivity index (χ1) is 9.97. The molecule has 1 aromatic carbocycles. The van der Waals surface area contributed by atoms with Gasteiger partial charge in [0.25, 0.3) is 11.6 Å². The van der Waals surface area contributed by atoms with Crippen molar-refractivity contribution < 1.29 is 19.2 Å². The van der Waals surface area contributed by atoms with E-state index in [1.807, 2.05) is 0 Å². The van der Waals surface area contributed by atoms with Crippen molar-refractivity contribution in [2.24, 2.45) is 0 Å². The number of hydrogen-bond donors (Lipinski definition) is 2. The fourth-order valence-corrected chi connectivity index (χ4v) is 2.41. The van der Waals surface area contributed by atoms with Crippen LogP contribution < -0.4 is 5.32 Å². The van der Waals surface area contributed by atoms with E-state index in [1.54, 1.807) is 11.8 Å². The van der Waals surface area contributed by atoms with Crippen LogP contribution in [0.4, 0.5) is 10.1 Å². The van der Waals surface area contributed by atoms with Crippen molar-refractivity contribution in [3.63, 3.8) is 0 Å². The molecule has 8 heteroatoms. The Kier molecular flexibility index (Phi) is 7.10. The number of benzene rings is 1. The van der Waals surface area contributed by atoms with E-state index >= 15 is 0 Å². The number of nitrogens with zero attached hydrogens (tertiary/aromatic N) is 1. The van der Waals surface area contributed by atoms with Gasteiger partial charge in [-0.2, -0.15) is 11.8 Å². The van der Waals surface area contributed by atoms with Crippen LogP contribution in [0.2, 0.25) is 0 Å². The minimum absolute atomic E-state index is 0.0617. The quantitative estimate of drug-likeness (QED) is 0.434. The number of aliphatic hydroxyl groups excluding tert-OH is 1. The van der Waals surface area contributed by atoms with E-state index < -0.39 is 16.6 Å². The summed E-state index contributed by atoms with van der Waals surface area (Å²) in [4.78, 5) is 21.9. The van der Waals surface area contributed by atoms with Crippen molar-refractivity contribution in [2.45, 2.75) is 13.3 Å². The first kappa shape index (κ1) is 17.4. The SMILES string of the molecule is Cc1cc([N+](=O)[O-])cc(C(=O)NCCSCCCO)c1F. The van der Waals surface area contributed by atoms with Crippen LogP contribution in [0.25, 0.3) is 0 Å². The molecule has 0 aliphatic carbocycles. The lowest BCUT2D eigenvalue weighted by Crippen LogP contribution is -2.27. The number of amides is 1. The van der Waals surface area contributed by atoms with Crippen LogP contribution in [0.3, 0.4) is 0 Å². The van der Waals surface area contributed by atoms with Gasteiger partial charge in [-0.05, 0) is 24.7 Å². The monoisotopic (exact) mass is 316 g/mol. The zero-order valence-corrected chi connectivity index (χ0v) is 12.4. The van der Waals surface area contributed by atoms with Crippen LogP contribution in [-0.4, -0.2) is 40.6 Å². The molecule has 21 heavy (non-hydrogen) atoms. The Morgan fingerprint density at radius 3 is 2.81 bits per heavy atom. The van der Waals surface area contributed by atoms with Gasteiger partial charge in [-0.25, -0.2) is 4.39 Å². The number of aryl methyl sites for hydroxylation is 1. The fraction of sp³-hybridized carbons (Fsp3) is 0.462. The number of nitrogens with one attached hydrogen (secondary N) is 1. The molecule has 2 N–H and O–H groups in total. The Hall–Kier alpha value is -1.67. The lowest BCUT2D eigenvalue weighted by molar-refractivity contribution is -0.385. The van der Waals surface area contributed by atoms with Gasteiger partial charge in [0.15, 0.2) is 0 Å². The molecule has 0 heterocycles. The van der Waals surface area contributed by atoms with Crippen molar-refractivity contribution in [1.29, 1.82) is 0 Å². The first-order valence-electron chi connectivity index (χ1n) is 6.38. The second-order valence-corrected chi connectivity index (χ2v) is 5.55. The van der Waals surface area contributed by atoms with Gasteiger partial charge in [-0.3, -0.25) is 14.9 Å². The Morgan fingerprint density at radius 2 is 2.19 bits per heavy atom. The molecule has 0 bridgehead atoms. The van der Waals surface area contributed by atoms with Gasteiger partial charge < -0.3 is 10.4 Å². The number of rotatable bonds is 8. The number of nitro benzene ring substituents is 1. The number of hydrogen-bond acceptors (Lipinski definition) is 5. The van der Waals surface area contributed by atoms with E-state index in [0.717, 1.165) is 17.9 Å². The predicted octanol–water partition coefficient (Wildman–Crippen LogP) is 1.89. The lowest BCUT2D eigenvalue weighted by atomic mass is 10.1. The highest BCUT2D eigenvalue weighted by Crippen LogP contribution is 2.20. The third-order valence-electron chi connectivity index (χ3n) is 2.67. The molecular weight excluding hydrogens is 299 g/mol. The molecule has 0 saturated heterocycles. The van der Waals surface area contributed by atoms with Crippen LogP contribution in [0, 0.1) is 22.9 Å². The van der Waals surface area contributed by atoms with E-state index in [0.29, 0.717) is 18.7 Å². The molecule has 6 nitrogen and oxygen atoms in total. The van der Waals surface area contributed by atoms with Gasteiger partial charge in [0, 0.05) is 31.0 Å². The van der Waals surface area contributed by atoms with Gasteiger partial charge in [0.05, 0.1) is 10.5 Å². The summed E-state index contributed by atoms with van der Waals surface area (Å²) in [5.74, 6) is -0.00846. The number of halogens is 1. The van der Waals surface area contributed by atoms with Gasteiger partial charge in [-0.15, -0.1) is 0 Å². The van der Waals surface area contributed by atoms with Gasteiger partial charge >= 0.3 is 0 Å². The van der Waals surface area contributed by atoms with Crippen molar-refractivity contribution in [3.05, 3.63) is 39.2 Å². The standard InChI is InChI=1S/C13H17FN2O4S/c1-9-7-10(16(19)20)8-11(12(9)14)13(18)15-3-6-21-5-2-4-17/h7-8,17H,2-6H2,1H3,(H,15,18). The maximum atomic E-state index is 13.9. The molecule has 0 aliphatic heterocycles. The Labute approximate surface area is 125 Å². The number of carbonyl (C=O) groups excluding carboxylic acids is 1. The van der Waals surface area contributed by atoms with E-state index in [4.69, 9.17) is 5.11 Å². The van der Waals surface area contributed by atoms with Crippen LogP contribution in [0.15, 0.2) is 12.1 Å². The molecule has 116 valence electrons. The van der Waals surface area contributed by atoms with E-state index in [2.05, 4.69) is 5.32 Å². The largest absolute Gasteiger partial charge is 0.396 e. The maximum absolute atomic E-state index is 13.9. The van der Waals surface area contributed by atoms with Crippen LogP contribution in [0.1, 0.15) is 22.3 Å². The zero-order valence-electron chi connectivity index (χ0n) is 11.6. The second-order valence-electron chi connectivity index (χ2n) is 4.33. The van der Waals surface area contributed by atoms with Gasteiger partial charge in [0.1, 0.15) is 5.82 Å². The molecule has 0 unspecified atom stereocenters. The summed E-state index contributed by atoms with van der Waals surface area (Å²) in [6.45, 7) is 1.83. The highest BCUT2D eigenvalue weighted by atomic mass is 32.2. The van der Waals surface area contributed by atoms with Gasteiger partial charge in [-0.1, -0.05) is 0 Å². The highest BCUT2D eigenvalue weighted by molar-refractivity contribution is 7.99. The van der Waals surface area contributed by atoms with Crippen molar-refractivity contribution in [1.82, 2.24) is 5.32 Å². The van der Waals surface area contributed by atoms with Crippen molar-refractivity contribution in [3.8, 4) is 0 Å². The van der Waals surface area contributed by atoms with Crippen LogP contribution >= 0.6 is 11.8 Å². The minimum atomic E-state index is -0.744. The molecule has 1 rings (SSSR count). The molecule has 0 aromatic heterocycles. The Bertz CT molecular complexity index is 525. The molecule has 0 aliphatic rings. The summed E-state index contributed by atoms with van der Waals surface area (Å²) >= 11 is 1.55. The Morgan fingerprint density at radius 1 is 1.48 bits per heavy atom. The predicted molar refractivity (Wildman–Crippen MR) is 79.2 cm³/mol. The number of thioether (sulfide) groups is 1. The van der Waals surface area contributed by atoms with Crippen molar-refractivity contribution >= 4 is 23.4 Å². The molecule has 0 atom stereocenters. The molecule has 0 fully saturated rings. The number of aliphatic hydroxyl groups is 1. The summed E-state index contributed by atoms with van der Waals surface area (Å²) in [6.07, 6.45) is 0.678. The normalized spacial score (nSPS) is 10.4. The minimum Gasteiger partial charge on any atom is -0.396 e. The van der Waals surface area contributed by atoms with E-state index in [-0.39, 0.29) is 23.4 Å². The highest BCUT2D eigenvalue weighted by Gasteiger charge is 2.19. The van der Waals surface area contributed by atoms with Crippen LogP contribution in [0.5, 0.6) is 0 Å². The summed E-state index contributed by atoms with van der Waals surface area (Å²) in [5.41, 5.74) is -0.565. The van der Waals surface area contributed by atoms with E-state index in [9.17, 15) is 19.3 Å². The number of non-ortho nitro benzene ring substituents is 1. The Balaban J connectivity index is 2.63. The second kappa shape index (κ2) is 8.58. The number of carbonyl (C=O) groups is 1. The number of nitro groups is 1. The topological polar surface area (TPSA) is 92.5 Å². The molecule has 1 amide bonds. The summed E-state index contributed by atoms with van der Waals surface area (Å²) in [5, 5.41) is 21.9. The molecular formula is C13H17FN2O4S. The average Bonchev–Trinajstić information content (AvgIpc) is 2.44. The third-order valence-corrected chi connectivity index (χ3v) is 3.74. The zero-order chi connectivity index (χ0) is 15.8. The molecule has 1 aromatic rings. The van der Waals surface area contributed by atoms with Gasteiger partial charge in [0.2, 0.25) is 0 Å². The smallest absolute Gasteiger partial charge is 0.270 e. The molecule has 0 spiro atoms. The maximum Gasteiger partial charge on any atom is 0.270 e. The third kappa shape index (κ3) is 5.31. The molecule has 0 radical (unpaired) electrons. The van der Waals surface area contributed by atoms with E-state index in [1.165, 1.54) is 6.92 Å². The summed E-state index contributed by atoms with van der Waals surface area (Å²) in [7, 11) is 0.